The molecule has 1 heterocycles. The number of carbonyl (C=O) groups excluding carboxylic acids is 2. The molecule has 1 amide bonds. The van der Waals surface area contributed by atoms with Gasteiger partial charge in [0, 0.05) is 19.4 Å². The van der Waals surface area contributed by atoms with Gasteiger partial charge in [0.25, 0.3) is 0 Å². The molecule has 0 unspecified atom stereocenters. The highest BCUT2D eigenvalue weighted by Gasteiger charge is 2.14. The first-order chi connectivity index (χ1) is 15.2. The molecular formula is C25H31N3O3. The molecule has 0 aliphatic rings. The van der Waals surface area contributed by atoms with Crippen LogP contribution in [-0.4, -0.2) is 34.6 Å². The number of aromatic nitrogens is 2. The maximum Gasteiger partial charge on any atom is 0.326 e. The van der Waals surface area contributed by atoms with Gasteiger partial charge in [-0.15, -0.1) is 0 Å². The van der Waals surface area contributed by atoms with Crippen molar-refractivity contribution < 1.29 is 14.3 Å². The van der Waals surface area contributed by atoms with Crippen LogP contribution in [0.2, 0.25) is 0 Å². The van der Waals surface area contributed by atoms with E-state index in [9.17, 15) is 9.59 Å². The first-order valence-corrected chi connectivity index (χ1v) is 11.1. The lowest BCUT2D eigenvalue weighted by Crippen LogP contribution is -2.24. The summed E-state index contributed by atoms with van der Waals surface area (Å²) in [5.74, 6) is 0.756. The van der Waals surface area contributed by atoms with E-state index in [-0.39, 0.29) is 18.4 Å². The molecule has 1 aromatic heterocycles. The van der Waals surface area contributed by atoms with Crippen molar-refractivity contribution in [1.82, 2.24) is 14.9 Å². The van der Waals surface area contributed by atoms with Crippen LogP contribution in [0.5, 0.6) is 0 Å². The van der Waals surface area contributed by atoms with E-state index >= 15 is 0 Å². The Hall–Kier alpha value is -3.15. The zero-order valence-electron chi connectivity index (χ0n) is 18.2. The van der Waals surface area contributed by atoms with E-state index in [4.69, 9.17) is 9.72 Å². The molecule has 0 saturated heterocycles. The smallest absolute Gasteiger partial charge is 0.326 e. The fraction of sp³-hybridized carbons (Fsp3) is 0.400. The van der Waals surface area contributed by atoms with E-state index in [1.165, 1.54) is 5.56 Å². The Labute approximate surface area is 183 Å². The van der Waals surface area contributed by atoms with Crippen LogP contribution in [-0.2, 0) is 33.7 Å². The fourth-order valence-electron chi connectivity index (χ4n) is 3.63. The SMILES string of the molecule is CCOC(=O)Cn1c(CCCCCNC(=O)CCc2ccccc2)nc2ccccc21. The predicted octanol–water partition coefficient (Wildman–Crippen LogP) is 4.06. The van der Waals surface area contributed by atoms with Gasteiger partial charge in [0.2, 0.25) is 5.91 Å². The maximum absolute atomic E-state index is 12.0. The van der Waals surface area contributed by atoms with Gasteiger partial charge in [-0.3, -0.25) is 9.59 Å². The van der Waals surface area contributed by atoms with Crippen molar-refractivity contribution >= 4 is 22.9 Å². The fourth-order valence-corrected chi connectivity index (χ4v) is 3.63. The third kappa shape index (κ3) is 6.95. The number of benzene rings is 2. The summed E-state index contributed by atoms with van der Waals surface area (Å²) in [5, 5.41) is 3.00. The summed E-state index contributed by atoms with van der Waals surface area (Å²) < 4.78 is 7.08. The van der Waals surface area contributed by atoms with Crippen molar-refractivity contribution in [1.29, 1.82) is 0 Å². The van der Waals surface area contributed by atoms with E-state index < -0.39 is 0 Å². The lowest BCUT2D eigenvalue weighted by Gasteiger charge is -2.09. The van der Waals surface area contributed by atoms with Crippen LogP contribution >= 0.6 is 0 Å². The number of hydrogen-bond donors (Lipinski definition) is 1. The molecular weight excluding hydrogens is 390 g/mol. The van der Waals surface area contributed by atoms with Crippen LogP contribution in [0, 0.1) is 0 Å². The molecule has 0 fully saturated rings. The molecule has 3 aromatic rings. The van der Waals surface area contributed by atoms with E-state index in [1.54, 1.807) is 0 Å². The summed E-state index contributed by atoms with van der Waals surface area (Å²) >= 11 is 0. The van der Waals surface area contributed by atoms with Gasteiger partial charge in [-0.2, -0.15) is 0 Å². The van der Waals surface area contributed by atoms with Gasteiger partial charge >= 0.3 is 5.97 Å². The Morgan fingerprint density at radius 2 is 1.74 bits per heavy atom. The van der Waals surface area contributed by atoms with Crippen LogP contribution in [0.1, 0.15) is 44.0 Å². The minimum Gasteiger partial charge on any atom is -0.465 e. The zero-order chi connectivity index (χ0) is 21.9. The Morgan fingerprint density at radius 3 is 2.55 bits per heavy atom. The van der Waals surface area contributed by atoms with Crippen LogP contribution in [0.4, 0.5) is 0 Å². The minimum absolute atomic E-state index is 0.0973. The second-order valence-electron chi connectivity index (χ2n) is 7.55. The Balaban J connectivity index is 1.41. The van der Waals surface area contributed by atoms with Gasteiger partial charge in [0.05, 0.1) is 17.6 Å². The van der Waals surface area contributed by atoms with Crippen LogP contribution < -0.4 is 5.32 Å². The number of unbranched alkanes of at least 4 members (excludes halogenated alkanes) is 2. The number of rotatable bonds is 12. The summed E-state index contributed by atoms with van der Waals surface area (Å²) in [6.45, 7) is 3.05. The minimum atomic E-state index is -0.245. The first kappa shape index (κ1) is 22.5. The summed E-state index contributed by atoms with van der Waals surface area (Å²) in [4.78, 5) is 28.7. The average molecular weight is 422 g/mol. The van der Waals surface area contributed by atoms with Crippen molar-refractivity contribution in [3.05, 3.63) is 66.0 Å². The number of imidazole rings is 1. The van der Waals surface area contributed by atoms with Crippen LogP contribution in [0.25, 0.3) is 11.0 Å². The number of nitrogens with one attached hydrogen (secondary N) is 1. The van der Waals surface area contributed by atoms with Crippen molar-refractivity contribution in [2.24, 2.45) is 0 Å². The molecule has 0 saturated carbocycles. The molecule has 0 aliphatic carbocycles. The Morgan fingerprint density at radius 1 is 0.968 bits per heavy atom. The van der Waals surface area contributed by atoms with E-state index in [1.807, 2.05) is 66.1 Å². The molecule has 0 aliphatic heterocycles. The van der Waals surface area contributed by atoms with Gasteiger partial charge in [0.1, 0.15) is 12.4 Å². The number of ether oxygens (including phenoxy) is 1. The molecule has 31 heavy (non-hydrogen) atoms. The lowest BCUT2D eigenvalue weighted by molar-refractivity contribution is -0.143. The Bertz CT molecular complexity index is 982. The van der Waals surface area contributed by atoms with Crippen LogP contribution in [0.15, 0.2) is 54.6 Å². The zero-order valence-corrected chi connectivity index (χ0v) is 18.2. The molecule has 0 spiro atoms. The number of para-hydroxylation sites is 2. The number of nitrogens with zero attached hydrogens (tertiary/aromatic N) is 2. The van der Waals surface area contributed by atoms with E-state index in [0.717, 1.165) is 49.0 Å². The Kier molecular flexibility index (Phi) is 8.64. The van der Waals surface area contributed by atoms with Crippen LogP contribution in [0.3, 0.4) is 0 Å². The molecule has 0 radical (unpaired) electrons. The van der Waals surface area contributed by atoms with Gasteiger partial charge in [-0.05, 0) is 43.9 Å². The molecule has 1 N–H and O–H groups in total. The second-order valence-corrected chi connectivity index (χ2v) is 7.55. The molecule has 2 aromatic carbocycles. The average Bonchev–Trinajstić information content (AvgIpc) is 3.13. The molecule has 164 valence electrons. The highest BCUT2D eigenvalue weighted by molar-refractivity contribution is 5.79. The summed E-state index contributed by atoms with van der Waals surface area (Å²) in [5.41, 5.74) is 3.03. The molecule has 0 bridgehead atoms. The maximum atomic E-state index is 12.0. The largest absolute Gasteiger partial charge is 0.465 e. The number of aryl methyl sites for hydroxylation is 2. The summed E-state index contributed by atoms with van der Waals surface area (Å²) in [6, 6.07) is 17.9. The number of esters is 1. The van der Waals surface area contributed by atoms with Gasteiger partial charge in [-0.1, -0.05) is 48.9 Å². The topological polar surface area (TPSA) is 73.2 Å². The standard InChI is InChI=1S/C25H31N3O3/c1-2-31-25(30)19-28-22-14-9-8-13-21(22)27-23(28)15-7-4-10-18-26-24(29)17-16-20-11-5-3-6-12-20/h3,5-6,8-9,11-14H,2,4,7,10,15-19H2,1H3,(H,26,29). The van der Waals surface area contributed by atoms with Gasteiger partial charge in [-0.25, -0.2) is 4.98 Å². The molecule has 0 atom stereocenters. The van der Waals surface area contributed by atoms with Gasteiger partial charge < -0.3 is 14.6 Å². The van der Waals surface area contributed by atoms with Crippen molar-refractivity contribution in [2.45, 2.75) is 52.0 Å². The molecule has 3 rings (SSSR count). The predicted molar refractivity (Wildman–Crippen MR) is 122 cm³/mol. The molecule has 6 heteroatoms. The summed E-state index contributed by atoms with van der Waals surface area (Å²) in [7, 11) is 0. The molecule has 6 nitrogen and oxygen atoms in total. The normalized spacial score (nSPS) is 10.9. The third-order valence-electron chi connectivity index (χ3n) is 5.21. The van der Waals surface area contributed by atoms with E-state index in [0.29, 0.717) is 19.6 Å². The number of hydrogen-bond acceptors (Lipinski definition) is 4. The first-order valence-electron chi connectivity index (χ1n) is 11.1. The van der Waals surface area contributed by atoms with Crippen molar-refractivity contribution in [2.75, 3.05) is 13.2 Å². The number of amides is 1. The highest BCUT2D eigenvalue weighted by Crippen LogP contribution is 2.18. The number of fused-ring (bicyclic) bond motifs is 1. The van der Waals surface area contributed by atoms with Crippen molar-refractivity contribution in [3.8, 4) is 0 Å². The summed E-state index contributed by atoms with van der Waals surface area (Å²) in [6.07, 6.45) is 4.93. The highest BCUT2D eigenvalue weighted by atomic mass is 16.5. The third-order valence-corrected chi connectivity index (χ3v) is 5.21. The van der Waals surface area contributed by atoms with Gasteiger partial charge in [0.15, 0.2) is 0 Å². The number of carbonyl (C=O) groups is 2. The monoisotopic (exact) mass is 421 g/mol. The van der Waals surface area contributed by atoms with Crippen molar-refractivity contribution in [3.63, 3.8) is 0 Å². The second kappa shape index (κ2) is 11.9. The lowest BCUT2D eigenvalue weighted by atomic mass is 10.1. The quantitative estimate of drug-likeness (QED) is 0.354. The van der Waals surface area contributed by atoms with E-state index in [2.05, 4.69) is 5.32 Å².